The molecule has 0 radical (unpaired) electrons. The molecule has 7 rings (SSSR count). The van der Waals surface area contributed by atoms with Gasteiger partial charge in [0, 0.05) is 43.8 Å². The van der Waals surface area contributed by atoms with Crippen LogP contribution in [-0.2, 0) is 15.7 Å². The highest BCUT2D eigenvalue weighted by Crippen LogP contribution is 2.45. The van der Waals surface area contributed by atoms with Crippen LogP contribution in [0.4, 0.5) is 19.1 Å². The first kappa shape index (κ1) is 33.1. The zero-order valence-electron chi connectivity index (χ0n) is 27.5. The van der Waals surface area contributed by atoms with E-state index in [1.807, 2.05) is 30.1 Å². The van der Waals surface area contributed by atoms with Crippen LogP contribution in [0.5, 0.6) is 5.88 Å². The third-order valence-corrected chi connectivity index (χ3v) is 9.88. The van der Waals surface area contributed by atoms with Gasteiger partial charge in [0.05, 0.1) is 31.7 Å². The number of methoxy groups -OCH3 is 1. The lowest BCUT2D eigenvalue weighted by atomic mass is 9.82. The van der Waals surface area contributed by atoms with Crippen LogP contribution in [0.3, 0.4) is 0 Å². The Hall–Kier alpha value is -4.46. The fraction of sp³-hybridized carbons (Fsp3) is 0.514. The van der Waals surface area contributed by atoms with Gasteiger partial charge in [0.15, 0.2) is 5.82 Å². The van der Waals surface area contributed by atoms with Crippen molar-refractivity contribution in [3.05, 3.63) is 65.7 Å². The molecule has 0 spiro atoms. The van der Waals surface area contributed by atoms with E-state index in [2.05, 4.69) is 35.2 Å². The number of nitrogens with zero attached hydrogens (tertiary/aromatic N) is 7. The van der Waals surface area contributed by atoms with Crippen molar-refractivity contribution in [1.82, 2.24) is 34.8 Å². The fourth-order valence-corrected chi connectivity index (χ4v) is 6.81. The summed E-state index contributed by atoms with van der Waals surface area (Å²) in [7, 11) is 1.55. The molecular weight excluding hydrogens is 637 g/mol. The number of nitrogens with one attached hydrogen (secondary N) is 1. The number of alkyl halides is 3. The molecule has 3 aromatic heterocycles. The number of carbonyl (C=O) groups excluding carboxylic acids is 1. The fourth-order valence-electron chi connectivity index (χ4n) is 6.81. The SMILES string of the molecule is COc1ncnc(C2CC2)c1-c1ncnc(NCC2C=CC(c3nc(C(F)(F)F)ccc3C3CCN(C(=O)CC4COC4)CC3)=CC2C)n1. The van der Waals surface area contributed by atoms with Gasteiger partial charge in [-0.3, -0.25) is 4.79 Å². The maximum Gasteiger partial charge on any atom is 0.433 e. The van der Waals surface area contributed by atoms with E-state index in [4.69, 9.17) is 9.47 Å². The maximum atomic E-state index is 13.8. The molecule has 1 N–H and O–H groups in total. The number of hydrogen-bond donors (Lipinski definition) is 1. The summed E-state index contributed by atoms with van der Waals surface area (Å²) < 4.78 is 52.2. The molecule has 2 aliphatic carbocycles. The molecule has 3 fully saturated rings. The monoisotopic (exact) mass is 676 g/mol. The van der Waals surface area contributed by atoms with E-state index in [0.717, 1.165) is 30.2 Å². The van der Waals surface area contributed by atoms with Crippen molar-refractivity contribution in [2.45, 2.75) is 57.0 Å². The van der Waals surface area contributed by atoms with Gasteiger partial charge in [0.1, 0.15) is 23.9 Å². The van der Waals surface area contributed by atoms with E-state index in [1.54, 1.807) is 13.2 Å². The smallest absolute Gasteiger partial charge is 0.433 e. The van der Waals surface area contributed by atoms with Crippen molar-refractivity contribution < 1.29 is 27.4 Å². The van der Waals surface area contributed by atoms with Crippen LogP contribution in [0.25, 0.3) is 17.0 Å². The second kappa shape index (κ2) is 13.8. The van der Waals surface area contributed by atoms with Gasteiger partial charge >= 0.3 is 6.18 Å². The third kappa shape index (κ3) is 7.29. The Balaban J connectivity index is 1.05. The first-order chi connectivity index (χ1) is 23.7. The summed E-state index contributed by atoms with van der Waals surface area (Å²) in [5, 5.41) is 3.31. The van der Waals surface area contributed by atoms with Crippen LogP contribution in [0.1, 0.15) is 73.5 Å². The number of rotatable bonds is 10. The molecule has 3 aromatic rings. The van der Waals surface area contributed by atoms with Crippen LogP contribution < -0.4 is 10.1 Å². The normalized spacial score (nSPS) is 21.7. The quantitative estimate of drug-likeness (QED) is 0.286. The number of hydrogen-bond acceptors (Lipinski definition) is 10. The average molecular weight is 677 g/mol. The Bertz CT molecular complexity index is 1750. The molecule has 1 amide bonds. The minimum atomic E-state index is -4.57. The molecule has 0 bridgehead atoms. The number of aromatic nitrogens is 6. The average Bonchev–Trinajstić information content (AvgIpc) is 3.94. The number of amides is 1. The van der Waals surface area contributed by atoms with Crippen molar-refractivity contribution in [2.75, 3.05) is 45.3 Å². The van der Waals surface area contributed by atoms with Crippen molar-refractivity contribution in [2.24, 2.45) is 17.8 Å². The van der Waals surface area contributed by atoms with Crippen LogP contribution in [0, 0.1) is 17.8 Å². The Morgan fingerprint density at radius 1 is 1.02 bits per heavy atom. The summed E-state index contributed by atoms with van der Waals surface area (Å²) >= 11 is 0. The summed E-state index contributed by atoms with van der Waals surface area (Å²) in [6.45, 7) is 4.92. The minimum Gasteiger partial charge on any atom is -0.480 e. The summed E-state index contributed by atoms with van der Waals surface area (Å²) in [5.74, 6) is 1.96. The van der Waals surface area contributed by atoms with Crippen LogP contribution in [0.2, 0.25) is 0 Å². The zero-order chi connectivity index (χ0) is 34.1. The number of halogens is 3. The lowest BCUT2D eigenvalue weighted by molar-refractivity contribution is -0.141. The van der Waals surface area contributed by atoms with Gasteiger partial charge in [0.25, 0.3) is 0 Å². The Labute approximate surface area is 282 Å². The Kier molecular flexibility index (Phi) is 9.32. The minimum absolute atomic E-state index is 0.00281. The summed E-state index contributed by atoms with van der Waals surface area (Å²) in [6, 6.07) is 2.65. The van der Waals surface area contributed by atoms with Gasteiger partial charge in [-0.25, -0.2) is 24.9 Å². The first-order valence-corrected chi connectivity index (χ1v) is 16.8. The summed E-state index contributed by atoms with van der Waals surface area (Å²) in [6.07, 6.45) is 8.13. The molecule has 49 heavy (non-hydrogen) atoms. The maximum absolute atomic E-state index is 13.8. The molecule has 258 valence electrons. The van der Waals surface area contributed by atoms with E-state index in [9.17, 15) is 18.0 Å². The molecular formula is C35H39F3N8O3. The standard InChI is InChI=1S/C35H39F3N8O3/c1-20-13-24(5-6-25(20)15-39-34-43-19-41-32(45-34)29-31(23-3-4-23)40-18-42-33(29)48-2)30-26(7-8-27(44-30)35(36,37)38)22-9-11-46(12-10-22)28(47)14-21-16-49-17-21/h5-8,13,18-23,25H,3-4,9-12,14-17H2,1-2H3,(H,39,41,43,45). The number of pyridine rings is 1. The molecule has 1 saturated carbocycles. The number of anilines is 1. The number of ether oxygens (including phenoxy) is 2. The molecule has 2 saturated heterocycles. The molecule has 11 nitrogen and oxygen atoms in total. The zero-order valence-corrected chi connectivity index (χ0v) is 27.5. The molecule has 2 unspecified atom stereocenters. The predicted molar refractivity (Wildman–Crippen MR) is 174 cm³/mol. The van der Waals surface area contributed by atoms with E-state index >= 15 is 0 Å². The van der Waals surface area contributed by atoms with E-state index in [0.29, 0.717) is 92.5 Å². The second-order valence-electron chi connectivity index (χ2n) is 13.3. The highest BCUT2D eigenvalue weighted by atomic mass is 19.4. The Morgan fingerprint density at radius 3 is 2.47 bits per heavy atom. The predicted octanol–water partition coefficient (Wildman–Crippen LogP) is 5.69. The van der Waals surface area contributed by atoms with E-state index < -0.39 is 11.9 Å². The summed E-state index contributed by atoms with van der Waals surface area (Å²) in [5.41, 5.74) is 2.43. The second-order valence-corrected chi connectivity index (χ2v) is 13.3. The molecule has 4 aliphatic rings. The van der Waals surface area contributed by atoms with Gasteiger partial charge in [-0.05, 0) is 54.7 Å². The molecule has 2 aliphatic heterocycles. The topological polar surface area (TPSA) is 128 Å². The summed E-state index contributed by atoms with van der Waals surface area (Å²) in [4.78, 5) is 40.9. The van der Waals surface area contributed by atoms with Crippen molar-refractivity contribution in [3.8, 4) is 17.3 Å². The lowest BCUT2D eigenvalue weighted by Crippen LogP contribution is -2.41. The number of piperidine rings is 1. The van der Waals surface area contributed by atoms with Gasteiger partial charge in [-0.15, -0.1) is 0 Å². The van der Waals surface area contributed by atoms with Crippen molar-refractivity contribution in [1.29, 1.82) is 0 Å². The van der Waals surface area contributed by atoms with Crippen LogP contribution in [0.15, 0.2) is 43.0 Å². The molecule has 2 atom stereocenters. The molecule has 0 aromatic carbocycles. The third-order valence-electron chi connectivity index (χ3n) is 9.88. The van der Waals surface area contributed by atoms with Crippen molar-refractivity contribution >= 4 is 17.4 Å². The highest BCUT2D eigenvalue weighted by Gasteiger charge is 2.36. The molecule has 5 heterocycles. The highest BCUT2D eigenvalue weighted by molar-refractivity contribution is 5.77. The lowest BCUT2D eigenvalue weighted by Gasteiger charge is -2.35. The number of likely N-dealkylation sites (tertiary alicyclic amines) is 1. The van der Waals surface area contributed by atoms with Gasteiger partial charge in [-0.1, -0.05) is 31.2 Å². The van der Waals surface area contributed by atoms with Gasteiger partial charge < -0.3 is 19.7 Å². The van der Waals surface area contributed by atoms with Crippen molar-refractivity contribution in [3.63, 3.8) is 0 Å². The van der Waals surface area contributed by atoms with Gasteiger partial charge in [0.2, 0.25) is 17.7 Å². The number of allylic oxidation sites excluding steroid dienone is 3. The largest absolute Gasteiger partial charge is 0.480 e. The first-order valence-electron chi connectivity index (χ1n) is 16.8. The van der Waals surface area contributed by atoms with Crippen LogP contribution >= 0.6 is 0 Å². The Morgan fingerprint density at radius 2 is 1.80 bits per heavy atom. The van der Waals surface area contributed by atoms with E-state index in [1.165, 1.54) is 12.7 Å². The van der Waals surface area contributed by atoms with Gasteiger partial charge in [-0.2, -0.15) is 18.2 Å². The van der Waals surface area contributed by atoms with Crippen LogP contribution in [-0.4, -0.2) is 80.7 Å². The number of carbonyl (C=O) groups is 1. The molecule has 14 heteroatoms. The van der Waals surface area contributed by atoms with E-state index in [-0.39, 0.29) is 29.6 Å².